The maximum Gasteiger partial charge on any atom is 0.230 e. The normalized spacial score (nSPS) is 32.1. The monoisotopic (exact) mass is 279 g/mol. The summed E-state index contributed by atoms with van der Waals surface area (Å²) in [4.78, 5) is 14.4. The summed E-state index contributed by atoms with van der Waals surface area (Å²) in [5.41, 5.74) is -1.44. The lowest BCUT2D eigenvalue weighted by Crippen LogP contribution is -2.56. The molecule has 1 saturated heterocycles. The van der Waals surface area contributed by atoms with E-state index >= 15 is 0 Å². The summed E-state index contributed by atoms with van der Waals surface area (Å²) in [7, 11) is 0. The van der Waals surface area contributed by atoms with Crippen molar-refractivity contribution in [3.8, 4) is 0 Å². The van der Waals surface area contributed by atoms with Crippen LogP contribution in [0.2, 0.25) is 0 Å². The molecule has 2 N–H and O–H groups in total. The number of aromatic nitrogens is 2. The van der Waals surface area contributed by atoms with E-state index in [1.807, 2.05) is 12.3 Å². The molecule has 2 fully saturated rings. The lowest BCUT2D eigenvalue weighted by molar-refractivity contribution is -0.152. The van der Waals surface area contributed by atoms with Gasteiger partial charge in [0.25, 0.3) is 0 Å². The van der Waals surface area contributed by atoms with Crippen LogP contribution in [-0.4, -0.2) is 55.6 Å². The van der Waals surface area contributed by atoms with E-state index in [1.165, 1.54) is 0 Å². The number of amides is 1. The molecule has 0 unspecified atom stereocenters. The summed E-state index contributed by atoms with van der Waals surface area (Å²) >= 11 is 0. The van der Waals surface area contributed by atoms with Gasteiger partial charge in [-0.1, -0.05) is 0 Å². The molecule has 110 valence electrons. The van der Waals surface area contributed by atoms with E-state index < -0.39 is 11.7 Å². The van der Waals surface area contributed by atoms with E-state index in [1.54, 1.807) is 22.7 Å². The number of carbonyl (C=O) groups excluding carboxylic acids is 1. The van der Waals surface area contributed by atoms with Crippen molar-refractivity contribution in [3.05, 3.63) is 18.5 Å². The van der Waals surface area contributed by atoms with Gasteiger partial charge in [0, 0.05) is 25.5 Å². The average molecular weight is 279 g/mol. The Morgan fingerprint density at radius 2 is 2.20 bits per heavy atom. The molecule has 0 spiro atoms. The van der Waals surface area contributed by atoms with Crippen molar-refractivity contribution >= 4 is 5.91 Å². The van der Waals surface area contributed by atoms with Gasteiger partial charge in [-0.2, -0.15) is 5.10 Å². The molecule has 6 heteroatoms. The summed E-state index contributed by atoms with van der Waals surface area (Å²) in [5.74, 6) is 0.0857. The van der Waals surface area contributed by atoms with Crippen LogP contribution < -0.4 is 0 Å². The highest BCUT2D eigenvalue weighted by atomic mass is 16.3. The fourth-order valence-corrected chi connectivity index (χ4v) is 2.84. The van der Waals surface area contributed by atoms with Crippen molar-refractivity contribution < 1.29 is 15.0 Å². The highest BCUT2D eigenvalue weighted by molar-refractivity contribution is 5.85. The Bertz CT molecular complexity index is 494. The molecule has 1 aliphatic carbocycles. The zero-order chi connectivity index (χ0) is 14.4. The van der Waals surface area contributed by atoms with Gasteiger partial charge in [0.2, 0.25) is 5.91 Å². The van der Waals surface area contributed by atoms with Gasteiger partial charge in [0.15, 0.2) is 0 Å². The third-order valence-electron chi connectivity index (χ3n) is 4.62. The molecule has 1 aromatic heterocycles. The number of aliphatic hydroxyl groups is 2. The van der Waals surface area contributed by atoms with E-state index in [4.69, 9.17) is 0 Å². The predicted octanol–water partition coefficient (Wildman–Crippen LogP) is 0.00750. The van der Waals surface area contributed by atoms with Crippen molar-refractivity contribution in [2.75, 3.05) is 13.1 Å². The summed E-state index contributed by atoms with van der Waals surface area (Å²) < 4.78 is 1.79. The van der Waals surface area contributed by atoms with Crippen LogP contribution in [0.3, 0.4) is 0 Å². The second-order valence-corrected chi connectivity index (χ2v) is 6.36. The molecule has 0 bridgehead atoms. The number of hydrogen-bond donors (Lipinski definition) is 2. The first-order chi connectivity index (χ1) is 9.43. The minimum Gasteiger partial charge on any atom is -0.388 e. The van der Waals surface area contributed by atoms with Gasteiger partial charge in [-0.25, -0.2) is 0 Å². The van der Waals surface area contributed by atoms with E-state index in [-0.39, 0.29) is 17.9 Å². The van der Waals surface area contributed by atoms with Crippen molar-refractivity contribution in [3.63, 3.8) is 0 Å². The molecule has 1 saturated carbocycles. The van der Waals surface area contributed by atoms with Crippen LogP contribution in [0.4, 0.5) is 0 Å². The Balaban J connectivity index is 1.67. The maximum absolute atomic E-state index is 12.7. The smallest absolute Gasteiger partial charge is 0.230 e. The first-order valence-corrected chi connectivity index (χ1v) is 7.10. The number of β-amino-alcohol motifs (C(OH)–C–C–N with tert-alkyl or cyclic N) is 1. The molecule has 1 aromatic rings. The Morgan fingerprint density at radius 3 is 2.75 bits per heavy atom. The first kappa shape index (κ1) is 13.6. The zero-order valence-corrected chi connectivity index (χ0v) is 11.7. The third-order valence-corrected chi connectivity index (χ3v) is 4.62. The number of likely N-dealkylation sites (tertiary alicyclic amines) is 1. The number of nitrogens with zero attached hydrogens (tertiary/aromatic N) is 3. The molecule has 0 radical (unpaired) electrons. The molecular weight excluding hydrogens is 258 g/mol. The largest absolute Gasteiger partial charge is 0.388 e. The summed E-state index contributed by atoms with van der Waals surface area (Å²) in [6.45, 7) is 2.94. The van der Waals surface area contributed by atoms with Gasteiger partial charge in [-0.3, -0.25) is 9.48 Å². The van der Waals surface area contributed by atoms with Crippen LogP contribution in [-0.2, 0) is 11.3 Å². The lowest BCUT2D eigenvalue weighted by atomic mass is 9.89. The van der Waals surface area contributed by atoms with Crippen LogP contribution in [0, 0.1) is 5.41 Å². The standard InChI is InChI=1S/C14H21N3O3/c1-13(20)5-8-16(9-11(13)18)12(19)14(3-4-14)10-17-7-2-6-15-17/h2,6-7,11,18,20H,3-5,8-10H2,1H3/t11-,13+/m0/s1. The van der Waals surface area contributed by atoms with Crippen LogP contribution >= 0.6 is 0 Å². The Hall–Kier alpha value is -1.40. The number of aliphatic hydroxyl groups excluding tert-OH is 1. The minimum absolute atomic E-state index is 0.0857. The van der Waals surface area contributed by atoms with E-state index in [9.17, 15) is 15.0 Å². The Labute approximate surface area is 118 Å². The van der Waals surface area contributed by atoms with Crippen molar-refractivity contribution in [2.45, 2.75) is 44.4 Å². The van der Waals surface area contributed by atoms with Crippen LogP contribution in [0.1, 0.15) is 26.2 Å². The number of carbonyl (C=O) groups is 1. The number of rotatable bonds is 3. The molecule has 3 rings (SSSR count). The molecule has 20 heavy (non-hydrogen) atoms. The molecular formula is C14H21N3O3. The topological polar surface area (TPSA) is 78.6 Å². The van der Waals surface area contributed by atoms with Gasteiger partial charge in [-0.05, 0) is 32.3 Å². The van der Waals surface area contributed by atoms with E-state index in [0.717, 1.165) is 12.8 Å². The fraction of sp³-hybridized carbons (Fsp3) is 0.714. The van der Waals surface area contributed by atoms with Crippen molar-refractivity contribution in [2.24, 2.45) is 5.41 Å². The Morgan fingerprint density at radius 1 is 1.45 bits per heavy atom. The van der Waals surface area contributed by atoms with E-state index in [0.29, 0.717) is 19.5 Å². The second-order valence-electron chi connectivity index (χ2n) is 6.36. The third kappa shape index (κ3) is 2.33. The first-order valence-electron chi connectivity index (χ1n) is 7.10. The van der Waals surface area contributed by atoms with E-state index in [2.05, 4.69) is 5.10 Å². The molecule has 0 aromatic carbocycles. The fourth-order valence-electron chi connectivity index (χ4n) is 2.84. The highest BCUT2D eigenvalue weighted by Crippen LogP contribution is 2.49. The molecule has 1 aliphatic heterocycles. The summed E-state index contributed by atoms with van der Waals surface area (Å²) in [6, 6.07) is 1.85. The van der Waals surface area contributed by atoms with Crippen molar-refractivity contribution in [1.82, 2.24) is 14.7 Å². The molecule has 2 heterocycles. The molecule has 6 nitrogen and oxygen atoms in total. The van der Waals surface area contributed by atoms with Gasteiger partial charge < -0.3 is 15.1 Å². The highest BCUT2D eigenvalue weighted by Gasteiger charge is 2.53. The van der Waals surface area contributed by atoms with Crippen LogP contribution in [0.15, 0.2) is 18.5 Å². The Kier molecular flexibility index (Phi) is 3.10. The quantitative estimate of drug-likeness (QED) is 0.817. The van der Waals surface area contributed by atoms with Gasteiger partial charge in [0.1, 0.15) is 0 Å². The summed E-state index contributed by atoms with van der Waals surface area (Å²) in [6.07, 6.45) is 4.85. The molecule has 2 aliphatic rings. The predicted molar refractivity (Wildman–Crippen MR) is 71.7 cm³/mol. The van der Waals surface area contributed by atoms with Gasteiger partial charge in [0.05, 0.1) is 23.7 Å². The summed E-state index contributed by atoms with van der Waals surface area (Å²) in [5, 5.41) is 24.1. The zero-order valence-electron chi connectivity index (χ0n) is 11.7. The molecule has 1 amide bonds. The maximum atomic E-state index is 12.7. The lowest BCUT2D eigenvalue weighted by Gasteiger charge is -2.41. The van der Waals surface area contributed by atoms with Crippen molar-refractivity contribution in [1.29, 1.82) is 0 Å². The second kappa shape index (κ2) is 4.56. The van der Waals surface area contributed by atoms with Gasteiger partial charge >= 0.3 is 0 Å². The molecule has 2 atom stereocenters. The SMILES string of the molecule is C[C@@]1(O)CCN(C(=O)C2(Cn3cccn3)CC2)C[C@@H]1O. The number of piperidine rings is 1. The van der Waals surface area contributed by atoms with Crippen LogP contribution in [0.25, 0.3) is 0 Å². The minimum atomic E-state index is -1.09. The van der Waals surface area contributed by atoms with Crippen LogP contribution in [0.5, 0.6) is 0 Å². The number of hydrogen-bond acceptors (Lipinski definition) is 4. The average Bonchev–Trinajstić information content (AvgIpc) is 2.99. The van der Waals surface area contributed by atoms with Gasteiger partial charge in [-0.15, -0.1) is 0 Å².